The molecule has 0 aromatic heterocycles. The van der Waals surface area contributed by atoms with E-state index in [1.807, 2.05) is 33.7 Å². The minimum atomic E-state index is 0.0217. The van der Waals surface area contributed by atoms with Gasteiger partial charge in [-0.05, 0) is 31.4 Å². The van der Waals surface area contributed by atoms with E-state index in [1.54, 1.807) is 6.07 Å². The lowest BCUT2D eigenvalue weighted by Crippen LogP contribution is -2.16. The van der Waals surface area contributed by atoms with Crippen molar-refractivity contribution in [3.8, 4) is 11.5 Å². The molecule has 0 spiro atoms. The highest BCUT2D eigenvalue weighted by Crippen LogP contribution is 2.40. The predicted octanol–water partition coefficient (Wildman–Crippen LogP) is 4.18. The Morgan fingerprint density at radius 1 is 0.824 bits per heavy atom. The number of carbonyl (C=O) groups excluding carboxylic acids is 1. The first kappa shape index (κ1) is 27.4. The number of ether oxygens (including phenoxy) is 6. The maximum atomic E-state index is 12.4. The summed E-state index contributed by atoms with van der Waals surface area (Å²) in [5.41, 5.74) is 0.694. The van der Waals surface area contributed by atoms with Crippen LogP contribution in [-0.4, -0.2) is 83.0 Å². The summed E-state index contributed by atoms with van der Waals surface area (Å²) < 4.78 is 33.8. The summed E-state index contributed by atoms with van der Waals surface area (Å²) in [6.45, 7) is 4.70. The van der Waals surface area contributed by atoms with Crippen molar-refractivity contribution in [2.45, 2.75) is 37.4 Å². The quantitative estimate of drug-likeness (QED) is 0.443. The van der Waals surface area contributed by atoms with E-state index in [9.17, 15) is 4.79 Å². The van der Waals surface area contributed by atoms with Crippen LogP contribution >= 0.6 is 21.6 Å². The number of amides is 1. The number of nitrogens with one attached hydrogen (secondary N) is 1. The lowest BCUT2D eigenvalue weighted by atomic mass is 10.1. The zero-order valence-electron chi connectivity index (χ0n) is 19.8. The molecule has 0 saturated carbocycles. The molecule has 1 N–H and O–H groups in total. The predicted molar refractivity (Wildman–Crippen MR) is 136 cm³/mol. The Bertz CT molecular complexity index is 704. The number of carbonyl (C=O) groups is 1. The Balaban J connectivity index is 1.46. The second-order valence-corrected chi connectivity index (χ2v) is 10.7. The zero-order chi connectivity index (χ0) is 23.7. The number of hydrogen-bond donors (Lipinski definition) is 1. The first-order chi connectivity index (χ1) is 16.8. The molecule has 1 aromatic carbocycles. The molecule has 1 fully saturated rings. The molecule has 2 aliphatic heterocycles. The van der Waals surface area contributed by atoms with E-state index in [0.717, 1.165) is 18.1 Å². The molecular weight excluding hydrogens is 478 g/mol. The van der Waals surface area contributed by atoms with E-state index in [2.05, 4.69) is 5.32 Å². The van der Waals surface area contributed by atoms with Crippen LogP contribution in [0.4, 0.5) is 5.69 Å². The highest BCUT2D eigenvalue weighted by atomic mass is 33.1. The molecule has 1 saturated heterocycles. The van der Waals surface area contributed by atoms with Crippen molar-refractivity contribution in [2.24, 2.45) is 0 Å². The smallest absolute Gasteiger partial charge is 0.224 e. The Labute approximate surface area is 210 Å². The van der Waals surface area contributed by atoms with Crippen LogP contribution in [0.5, 0.6) is 11.5 Å². The summed E-state index contributed by atoms with van der Waals surface area (Å²) in [5, 5.41) is 3.74. The average Bonchev–Trinajstić information content (AvgIpc) is 3.36. The van der Waals surface area contributed by atoms with Crippen molar-refractivity contribution in [3.05, 3.63) is 18.2 Å². The average molecular weight is 516 g/mol. The Morgan fingerprint density at radius 3 is 2.06 bits per heavy atom. The SMILES string of the molecule is O=C(CCCCC1CCSS1)Nc1ccc2c(c1)OCCOCCOCCOCCOCCO2. The highest BCUT2D eigenvalue weighted by Gasteiger charge is 2.16. The van der Waals surface area contributed by atoms with Gasteiger partial charge in [0.05, 0.1) is 52.9 Å². The minimum absolute atomic E-state index is 0.0217. The molecule has 10 heteroatoms. The second kappa shape index (κ2) is 17.3. The summed E-state index contributed by atoms with van der Waals surface area (Å²) in [6, 6.07) is 5.45. The zero-order valence-corrected chi connectivity index (χ0v) is 21.4. The van der Waals surface area contributed by atoms with Gasteiger partial charge in [-0.2, -0.15) is 0 Å². The van der Waals surface area contributed by atoms with Gasteiger partial charge in [-0.15, -0.1) is 0 Å². The second-order valence-electron chi connectivity index (χ2n) is 7.93. The molecule has 2 aliphatic rings. The third-order valence-electron chi connectivity index (χ3n) is 5.22. The number of benzene rings is 1. The van der Waals surface area contributed by atoms with Crippen molar-refractivity contribution in [1.29, 1.82) is 0 Å². The molecule has 0 bridgehead atoms. The van der Waals surface area contributed by atoms with Gasteiger partial charge < -0.3 is 33.7 Å². The van der Waals surface area contributed by atoms with Crippen molar-refractivity contribution < 1.29 is 33.2 Å². The molecule has 1 atom stereocenters. The van der Waals surface area contributed by atoms with Crippen LogP contribution in [0.3, 0.4) is 0 Å². The van der Waals surface area contributed by atoms with E-state index in [0.29, 0.717) is 89.7 Å². The van der Waals surface area contributed by atoms with Crippen LogP contribution in [0.1, 0.15) is 32.1 Å². The van der Waals surface area contributed by atoms with Crippen LogP contribution in [-0.2, 0) is 23.7 Å². The largest absolute Gasteiger partial charge is 0.487 e. The molecule has 2 heterocycles. The van der Waals surface area contributed by atoms with Crippen LogP contribution in [0, 0.1) is 0 Å². The number of rotatable bonds is 6. The summed E-state index contributed by atoms with van der Waals surface area (Å²) >= 11 is 0. The number of unbranched alkanes of at least 4 members (excludes halogenated alkanes) is 1. The Kier molecular flexibility index (Phi) is 13.9. The monoisotopic (exact) mass is 515 g/mol. The van der Waals surface area contributed by atoms with Gasteiger partial charge in [-0.25, -0.2) is 0 Å². The summed E-state index contributed by atoms with van der Waals surface area (Å²) in [4.78, 5) is 12.4. The third kappa shape index (κ3) is 11.5. The Morgan fingerprint density at radius 2 is 1.44 bits per heavy atom. The summed E-state index contributed by atoms with van der Waals surface area (Å²) in [6.07, 6.45) is 5.00. The van der Waals surface area contributed by atoms with Crippen LogP contribution in [0.2, 0.25) is 0 Å². The maximum Gasteiger partial charge on any atom is 0.224 e. The molecule has 192 valence electrons. The molecule has 34 heavy (non-hydrogen) atoms. The van der Waals surface area contributed by atoms with Gasteiger partial charge in [0.25, 0.3) is 0 Å². The highest BCUT2D eigenvalue weighted by molar-refractivity contribution is 8.77. The van der Waals surface area contributed by atoms with Gasteiger partial charge in [0.1, 0.15) is 13.2 Å². The van der Waals surface area contributed by atoms with Gasteiger partial charge in [0.2, 0.25) is 5.91 Å². The molecule has 0 aliphatic carbocycles. The third-order valence-corrected chi connectivity index (χ3v) is 8.23. The van der Waals surface area contributed by atoms with E-state index in [4.69, 9.17) is 28.4 Å². The lowest BCUT2D eigenvalue weighted by Gasteiger charge is -2.15. The van der Waals surface area contributed by atoms with Gasteiger partial charge >= 0.3 is 0 Å². The van der Waals surface area contributed by atoms with Gasteiger partial charge in [-0.1, -0.05) is 28.0 Å². The topological polar surface area (TPSA) is 84.5 Å². The van der Waals surface area contributed by atoms with E-state index >= 15 is 0 Å². The van der Waals surface area contributed by atoms with Crippen LogP contribution in [0.25, 0.3) is 0 Å². The molecule has 0 radical (unpaired) electrons. The number of anilines is 1. The van der Waals surface area contributed by atoms with Crippen molar-refractivity contribution >= 4 is 33.2 Å². The number of hydrogen-bond acceptors (Lipinski definition) is 9. The first-order valence-corrected chi connectivity index (χ1v) is 14.5. The van der Waals surface area contributed by atoms with E-state index < -0.39 is 0 Å². The van der Waals surface area contributed by atoms with Crippen LogP contribution < -0.4 is 14.8 Å². The summed E-state index contributed by atoms with van der Waals surface area (Å²) in [5.74, 6) is 2.45. The summed E-state index contributed by atoms with van der Waals surface area (Å²) in [7, 11) is 3.96. The fourth-order valence-electron chi connectivity index (χ4n) is 3.45. The van der Waals surface area contributed by atoms with Gasteiger partial charge in [0.15, 0.2) is 11.5 Å². The molecule has 1 unspecified atom stereocenters. The molecular formula is C24H37NO7S2. The van der Waals surface area contributed by atoms with Crippen molar-refractivity contribution in [2.75, 3.05) is 77.1 Å². The fourth-order valence-corrected chi connectivity index (χ4v) is 6.47. The first-order valence-electron chi connectivity index (χ1n) is 12.1. The minimum Gasteiger partial charge on any atom is -0.487 e. The molecule has 3 rings (SSSR count). The van der Waals surface area contributed by atoms with Crippen LogP contribution in [0.15, 0.2) is 18.2 Å². The molecule has 8 nitrogen and oxygen atoms in total. The van der Waals surface area contributed by atoms with Crippen molar-refractivity contribution in [3.63, 3.8) is 0 Å². The van der Waals surface area contributed by atoms with E-state index in [1.165, 1.54) is 18.6 Å². The molecule has 1 amide bonds. The molecule has 1 aromatic rings. The Hall–Kier alpha value is -1.17. The lowest BCUT2D eigenvalue weighted by molar-refractivity contribution is -0.116. The number of fused-ring (bicyclic) bond motifs is 1. The normalized spacial score (nSPS) is 21.4. The van der Waals surface area contributed by atoms with Gasteiger partial charge in [-0.3, -0.25) is 4.79 Å². The standard InChI is InChI=1S/C24H37NO7S2/c26-24(4-2-1-3-21-7-18-33-34-21)25-20-5-6-22-23(19-20)32-17-15-30-13-11-28-9-8-27-10-12-29-14-16-31-22/h5-6,19,21H,1-4,7-18H2,(H,25,26). The maximum absolute atomic E-state index is 12.4. The fraction of sp³-hybridized carbons (Fsp3) is 0.708. The van der Waals surface area contributed by atoms with Gasteiger partial charge in [0, 0.05) is 29.2 Å². The van der Waals surface area contributed by atoms with Crippen molar-refractivity contribution in [1.82, 2.24) is 0 Å². The van der Waals surface area contributed by atoms with E-state index in [-0.39, 0.29) is 5.91 Å².